The van der Waals surface area contributed by atoms with Crippen molar-refractivity contribution < 1.29 is 18.7 Å². The number of aromatic nitrogens is 4. The summed E-state index contributed by atoms with van der Waals surface area (Å²) in [6, 6.07) is 9.60. The quantitative estimate of drug-likeness (QED) is 0.570. The van der Waals surface area contributed by atoms with Gasteiger partial charge < -0.3 is 14.9 Å². The number of anilines is 1. The van der Waals surface area contributed by atoms with Crippen LogP contribution in [0.2, 0.25) is 0 Å². The van der Waals surface area contributed by atoms with Crippen molar-refractivity contribution in [1.82, 2.24) is 20.2 Å². The number of nitrogens with zero attached hydrogens (tertiary/aromatic N) is 5. The highest BCUT2D eigenvalue weighted by Crippen LogP contribution is 2.35. The first-order chi connectivity index (χ1) is 15.1. The van der Waals surface area contributed by atoms with Crippen LogP contribution in [0, 0.1) is 12.3 Å². The number of nitrogens with two attached hydrogens (primary N) is 1. The van der Waals surface area contributed by atoms with Crippen molar-refractivity contribution in [3.63, 3.8) is 0 Å². The maximum absolute atomic E-state index is 13.5. The summed E-state index contributed by atoms with van der Waals surface area (Å²) in [5.41, 5.74) is 5.56. The number of amides is 2. The van der Waals surface area contributed by atoms with Crippen LogP contribution in [0.5, 0.6) is 5.75 Å². The lowest BCUT2D eigenvalue weighted by molar-refractivity contribution is -0.127. The molecule has 32 heavy (non-hydrogen) atoms. The van der Waals surface area contributed by atoms with E-state index in [9.17, 15) is 9.59 Å². The molecule has 10 nitrogen and oxygen atoms in total. The second-order valence-electron chi connectivity index (χ2n) is 8.39. The molecule has 0 bridgehead atoms. The molecule has 0 saturated carbocycles. The third-order valence-electron chi connectivity index (χ3n) is 4.73. The molecule has 1 atom stereocenters. The van der Waals surface area contributed by atoms with E-state index < -0.39 is 23.3 Å². The molecule has 0 spiro atoms. The van der Waals surface area contributed by atoms with Crippen molar-refractivity contribution in [2.75, 3.05) is 11.5 Å². The van der Waals surface area contributed by atoms with Crippen molar-refractivity contribution in [3.05, 3.63) is 42.2 Å². The third kappa shape index (κ3) is 4.96. The van der Waals surface area contributed by atoms with E-state index in [1.165, 1.54) is 4.90 Å². The van der Waals surface area contributed by atoms with Crippen LogP contribution in [0.25, 0.3) is 11.6 Å². The number of furan rings is 1. The Bertz CT molecular complexity index is 1100. The Kier molecular flexibility index (Phi) is 6.61. The molecular weight excluding hydrogens is 412 g/mol. The van der Waals surface area contributed by atoms with Crippen molar-refractivity contribution in [2.45, 2.75) is 47.2 Å². The van der Waals surface area contributed by atoms with Gasteiger partial charge in [-0.25, -0.2) is 0 Å². The van der Waals surface area contributed by atoms with E-state index in [-0.39, 0.29) is 12.4 Å². The molecule has 0 aliphatic rings. The fraction of sp³-hybridized carbons (Fsp3) is 0.409. The first-order valence-electron chi connectivity index (χ1n) is 10.3. The maximum atomic E-state index is 13.5. The van der Waals surface area contributed by atoms with Crippen molar-refractivity contribution in [1.29, 1.82) is 0 Å². The second-order valence-corrected chi connectivity index (χ2v) is 8.39. The van der Waals surface area contributed by atoms with E-state index >= 15 is 0 Å². The Balaban J connectivity index is 1.99. The molecule has 0 saturated heterocycles. The average molecular weight is 441 g/mol. The number of rotatable bonds is 8. The number of benzene rings is 1. The van der Waals surface area contributed by atoms with Crippen LogP contribution in [0.1, 0.15) is 33.5 Å². The van der Waals surface area contributed by atoms with Crippen LogP contribution in [0.4, 0.5) is 5.69 Å². The van der Waals surface area contributed by atoms with Crippen LogP contribution in [0.3, 0.4) is 0 Å². The first-order valence-corrected chi connectivity index (χ1v) is 10.3. The lowest BCUT2D eigenvalue weighted by Gasteiger charge is -2.38. The summed E-state index contributed by atoms with van der Waals surface area (Å²) >= 11 is 0. The molecule has 2 aromatic heterocycles. The molecule has 10 heteroatoms. The number of hydrogen-bond donors (Lipinski definition) is 1. The van der Waals surface area contributed by atoms with Gasteiger partial charge in [0, 0.05) is 0 Å². The maximum Gasteiger partial charge on any atom is 0.251 e. The van der Waals surface area contributed by atoms with E-state index in [1.807, 2.05) is 34.6 Å². The van der Waals surface area contributed by atoms with E-state index in [1.54, 1.807) is 36.4 Å². The number of hydrogen-bond acceptors (Lipinski definition) is 7. The molecule has 0 fully saturated rings. The summed E-state index contributed by atoms with van der Waals surface area (Å²) in [4.78, 5) is 28.6. The molecule has 0 aliphatic carbocycles. The average Bonchev–Trinajstić information content (AvgIpc) is 3.34. The number of ether oxygens (including phenoxy) is 1. The van der Waals surface area contributed by atoms with Crippen LogP contribution in [-0.2, 0) is 16.1 Å². The number of aryl methyl sites for hydroxylation is 1. The molecule has 0 aliphatic heterocycles. The summed E-state index contributed by atoms with van der Waals surface area (Å²) in [5, 5.41) is 12.2. The highest BCUT2D eigenvalue weighted by Gasteiger charge is 2.40. The van der Waals surface area contributed by atoms with E-state index in [0.717, 1.165) is 4.80 Å². The van der Waals surface area contributed by atoms with Crippen LogP contribution in [0.15, 0.2) is 40.8 Å². The minimum Gasteiger partial charge on any atom is -0.492 e. The van der Waals surface area contributed by atoms with Crippen molar-refractivity contribution >= 4 is 17.5 Å². The van der Waals surface area contributed by atoms with Gasteiger partial charge in [0.15, 0.2) is 5.76 Å². The van der Waals surface area contributed by atoms with E-state index in [0.29, 0.717) is 29.6 Å². The van der Waals surface area contributed by atoms with E-state index in [2.05, 4.69) is 15.4 Å². The molecule has 170 valence electrons. The van der Waals surface area contributed by atoms with Gasteiger partial charge in [-0.05, 0) is 48.7 Å². The van der Waals surface area contributed by atoms with Crippen LogP contribution in [-0.4, -0.2) is 44.7 Å². The lowest BCUT2D eigenvalue weighted by atomic mass is 9.84. The van der Waals surface area contributed by atoms with Gasteiger partial charge in [0.05, 0.1) is 12.3 Å². The van der Waals surface area contributed by atoms with Gasteiger partial charge >= 0.3 is 0 Å². The third-order valence-corrected chi connectivity index (χ3v) is 4.73. The summed E-state index contributed by atoms with van der Waals surface area (Å²) in [7, 11) is 0. The summed E-state index contributed by atoms with van der Waals surface area (Å²) in [6.45, 7) is 9.32. The predicted octanol–water partition coefficient (Wildman–Crippen LogP) is 2.57. The van der Waals surface area contributed by atoms with Crippen molar-refractivity contribution in [2.24, 2.45) is 11.1 Å². The minimum atomic E-state index is -0.938. The molecule has 2 heterocycles. The summed E-state index contributed by atoms with van der Waals surface area (Å²) in [6.07, 6.45) is 0. The SMILES string of the molecule is CCOc1ccccc1N(C(=O)Cn1nnc(-c2ccc(C)o2)n1)C(C(N)=O)C(C)(C)C. The second kappa shape index (κ2) is 9.21. The molecule has 3 aromatic rings. The monoisotopic (exact) mass is 440 g/mol. The first kappa shape index (κ1) is 23.0. The standard InChI is InChI=1S/C22H28N6O4/c1-6-31-16-10-8-7-9-15(16)28(19(20(23)30)22(3,4)5)18(29)13-27-25-21(24-26-27)17-12-11-14(2)32-17/h7-12,19H,6,13H2,1-5H3,(H2,23,30). The largest absolute Gasteiger partial charge is 0.492 e. The molecule has 3 rings (SSSR count). The summed E-state index contributed by atoms with van der Waals surface area (Å²) in [5.74, 6) is 0.822. The van der Waals surface area contributed by atoms with Gasteiger partial charge in [-0.15, -0.1) is 10.2 Å². The molecule has 1 unspecified atom stereocenters. The number of tetrazole rings is 1. The zero-order chi connectivity index (χ0) is 23.5. The van der Waals surface area contributed by atoms with Gasteiger partial charge in [0.1, 0.15) is 24.1 Å². The number of carbonyl (C=O) groups is 2. The topological polar surface area (TPSA) is 129 Å². The Labute approximate surface area is 186 Å². The normalized spacial score (nSPS) is 12.4. The highest BCUT2D eigenvalue weighted by molar-refractivity contribution is 6.01. The molecule has 2 amide bonds. The predicted molar refractivity (Wildman–Crippen MR) is 118 cm³/mol. The van der Waals surface area contributed by atoms with Crippen molar-refractivity contribution in [3.8, 4) is 17.3 Å². The smallest absolute Gasteiger partial charge is 0.251 e. The zero-order valence-electron chi connectivity index (χ0n) is 18.9. The van der Waals surface area contributed by atoms with Gasteiger partial charge in [0.2, 0.25) is 11.7 Å². The Morgan fingerprint density at radius 1 is 1.22 bits per heavy atom. The van der Waals surface area contributed by atoms with Gasteiger partial charge in [-0.1, -0.05) is 32.9 Å². The van der Waals surface area contributed by atoms with Crippen LogP contribution >= 0.6 is 0 Å². The number of carbonyl (C=O) groups excluding carboxylic acids is 2. The van der Waals surface area contributed by atoms with Gasteiger partial charge in [-0.2, -0.15) is 4.80 Å². The van der Waals surface area contributed by atoms with Gasteiger partial charge in [-0.3, -0.25) is 14.5 Å². The molecule has 0 radical (unpaired) electrons. The molecular formula is C22H28N6O4. The lowest BCUT2D eigenvalue weighted by Crippen LogP contribution is -2.55. The number of para-hydroxylation sites is 2. The molecule has 1 aromatic carbocycles. The summed E-state index contributed by atoms with van der Waals surface area (Å²) < 4.78 is 11.2. The fourth-order valence-corrected chi connectivity index (χ4v) is 3.45. The number of primary amides is 1. The Morgan fingerprint density at radius 2 is 1.94 bits per heavy atom. The minimum absolute atomic E-state index is 0.257. The fourth-order valence-electron chi connectivity index (χ4n) is 3.45. The molecule has 2 N–H and O–H groups in total. The zero-order valence-corrected chi connectivity index (χ0v) is 18.9. The van der Waals surface area contributed by atoms with Gasteiger partial charge in [0.25, 0.3) is 5.91 Å². The van der Waals surface area contributed by atoms with E-state index in [4.69, 9.17) is 14.9 Å². The van der Waals surface area contributed by atoms with Crippen LogP contribution < -0.4 is 15.4 Å². The Hall–Kier alpha value is -3.69. The Morgan fingerprint density at radius 3 is 2.53 bits per heavy atom. The highest BCUT2D eigenvalue weighted by atomic mass is 16.5.